The molecule has 1 unspecified atom stereocenters. The lowest BCUT2D eigenvalue weighted by atomic mass is 10.1. The van der Waals surface area contributed by atoms with Crippen LogP contribution in [-0.4, -0.2) is 7.11 Å². The minimum atomic E-state index is 0.0112. The second kappa shape index (κ2) is 6.31. The van der Waals surface area contributed by atoms with Crippen LogP contribution in [0.1, 0.15) is 24.1 Å². The highest BCUT2D eigenvalue weighted by molar-refractivity contribution is 6.30. The molecule has 2 aromatic rings. The molecule has 0 aliphatic heterocycles. The molecule has 1 N–H and O–H groups in total. The van der Waals surface area contributed by atoms with Gasteiger partial charge in [-0.1, -0.05) is 29.8 Å². The van der Waals surface area contributed by atoms with Gasteiger partial charge in [-0.3, -0.25) is 0 Å². The Balaban J connectivity index is 2.32. The van der Waals surface area contributed by atoms with E-state index in [1.54, 1.807) is 19.2 Å². The predicted octanol–water partition coefficient (Wildman–Crippen LogP) is 4.39. The molecule has 2 aromatic carbocycles. The van der Waals surface area contributed by atoms with Crippen LogP contribution in [0.4, 0.5) is 5.69 Å². The van der Waals surface area contributed by atoms with Crippen LogP contribution in [-0.2, 0) is 0 Å². The molecule has 0 radical (unpaired) electrons. The van der Waals surface area contributed by atoms with Gasteiger partial charge in [0.2, 0.25) is 0 Å². The van der Waals surface area contributed by atoms with E-state index in [0.29, 0.717) is 22.0 Å². The van der Waals surface area contributed by atoms with Crippen molar-refractivity contribution in [3.05, 3.63) is 58.6 Å². The third-order valence-corrected chi connectivity index (χ3v) is 3.31. The van der Waals surface area contributed by atoms with Crippen LogP contribution >= 0.6 is 11.6 Å². The molecule has 1 atom stereocenters. The number of halogens is 1. The van der Waals surface area contributed by atoms with E-state index in [9.17, 15) is 5.26 Å². The number of anilines is 1. The first-order chi connectivity index (χ1) is 9.65. The molecule has 0 heterocycles. The van der Waals surface area contributed by atoms with Gasteiger partial charge in [0.05, 0.1) is 18.4 Å². The molecule has 0 aliphatic rings. The van der Waals surface area contributed by atoms with Crippen molar-refractivity contribution in [2.75, 3.05) is 12.4 Å². The summed E-state index contributed by atoms with van der Waals surface area (Å²) in [5.74, 6) is 0.651. The highest BCUT2D eigenvalue weighted by atomic mass is 35.5. The fraction of sp³-hybridized carbons (Fsp3) is 0.188. The lowest BCUT2D eigenvalue weighted by molar-refractivity contribution is 0.416. The molecule has 0 bridgehead atoms. The van der Waals surface area contributed by atoms with Crippen molar-refractivity contribution in [2.24, 2.45) is 0 Å². The van der Waals surface area contributed by atoms with Gasteiger partial charge in [0.15, 0.2) is 0 Å². The summed E-state index contributed by atoms with van der Waals surface area (Å²) in [6, 6.07) is 15.2. The summed E-state index contributed by atoms with van der Waals surface area (Å²) in [6.07, 6.45) is 0. The second-order valence-electron chi connectivity index (χ2n) is 4.42. The number of nitrogens with zero attached hydrogens (tertiary/aromatic N) is 1. The summed E-state index contributed by atoms with van der Waals surface area (Å²) in [7, 11) is 1.59. The van der Waals surface area contributed by atoms with Crippen molar-refractivity contribution < 1.29 is 4.74 Å². The molecule has 0 amide bonds. The normalized spacial score (nSPS) is 11.5. The third-order valence-electron chi connectivity index (χ3n) is 3.08. The van der Waals surface area contributed by atoms with Crippen LogP contribution < -0.4 is 10.1 Å². The number of methoxy groups -OCH3 is 1. The molecule has 0 spiro atoms. The van der Waals surface area contributed by atoms with Crippen LogP contribution in [0.15, 0.2) is 42.5 Å². The fourth-order valence-corrected chi connectivity index (χ4v) is 2.22. The van der Waals surface area contributed by atoms with Gasteiger partial charge in [-0.05, 0) is 36.8 Å². The largest absolute Gasteiger partial charge is 0.495 e. The third kappa shape index (κ3) is 3.04. The first-order valence-corrected chi connectivity index (χ1v) is 6.62. The number of nitrogens with one attached hydrogen (secondary N) is 1. The first-order valence-electron chi connectivity index (χ1n) is 6.25. The highest BCUT2D eigenvalue weighted by Gasteiger charge is 2.13. The van der Waals surface area contributed by atoms with Crippen LogP contribution in [0.25, 0.3) is 0 Å². The zero-order chi connectivity index (χ0) is 14.5. The summed E-state index contributed by atoms with van der Waals surface area (Å²) in [5, 5.41) is 13.2. The smallest absolute Gasteiger partial charge is 0.143 e. The van der Waals surface area contributed by atoms with Gasteiger partial charge in [-0.15, -0.1) is 0 Å². The summed E-state index contributed by atoms with van der Waals surface area (Å²) >= 11 is 6.00. The topological polar surface area (TPSA) is 45.0 Å². The van der Waals surface area contributed by atoms with E-state index in [1.165, 1.54) is 0 Å². The van der Waals surface area contributed by atoms with E-state index in [4.69, 9.17) is 16.3 Å². The van der Waals surface area contributed by atoms with Gasteiger partial charge >= 0.3 is 0 Å². The van der Waals surface area contributed by atoms with E-state index in [-0.39, 0.29) is 6.04 Å². The molecule has 102 valence electrons. The van der Waals surface area contributed by atoms with Gasteiger partial charge in [0.25, 0.3) is 0 Å². The minimum absolute atomic E-state index is 0.0112. The van der Waals surface area contributed by atoms with E-state index >= 15 is 0 Å². The SMILES string of the molecule is COc1cccc(C#N)c1NC(C)c1cccc(Cl)c1. The quantitative estimate of drug-likeness (QED) is 0.906. The summed E-state index contributed by atoms with van der Waals surface area (Å²) < 4.78 is 5.31. The Labute approximate surface area is 123 Å². The van der Waals surface area contributed by atoms with Gasteiger partial charge in [-0.25, -0.2) is 0 Å². The van der Waals surface area contributed by atoms with Crippen molar-refractivity contribution in [1.29, 1.82) is 5.26 Å². The zero-order valence-corrected chi connectivity index (χ0v) is 12.1. The Morgan fingerprint density at radius 1 is 1.25 bits per heavy atom. The maximum Gasteiger partial charge on any atom is 0.143 e. The number of benzene rings is 2. The standard InChI is InChI=1S/C16H15ClN2O/c1-11(12-5-3-7-14(17)9-12)19-16-13(10-18)6-4-8-15(16)20-2/h3-9,11,19H,1-2H3. The summed E-state index contributed by atoms with van der Waals surface area (Å²) in [6.45, 7) is 2.01. The molecule has 0 aliphatic carbocycles. The Morgan fingerprint density at radius 3 is 2.65 bits per heavy atom. The Hall–Kier alpha value is -2.18. The van der Waals surface area contributed by atoms with Crippen molar-refractivity contribution in [3.63, 3.8) is 0 Å². The van der Waals surface area contributed by atoms with Gasteiger partial charge in [-0.2, -0.15) is 5.26 Å². The first kappa shape index (κ1) is 14.2. The second-order valence-corrected chi connectivity index (χ2v) is 4.85. The minimum Gasteiger partial charge on any atom is -0.495 e. The summed E-state index contributed by atoms with van der Waals surface area (Å²) in [5.41, 5.74) is 2.30. The van der Waals surface area contributed by atoms with Crippen LogP contribution in [0.5, 0.6) is 5.75 Å². The molecule has 4 heteroatoms. The summed E-state index contributed by atoms with van der Waals surface area (Å²) in [4.78, 5) is 0. The molecule has 0 saturated carbocycles. The number of nitriles is 1. The molecule has 0 saturated heterocycles. The van der Waals surface area contributed by atoms with Crippen molar-refractivity contribution in [1.82, 2.24) is 0 Å². The molecule has 3 nitrogen and oxygen atoms in total. The Bertz CT molecular complexity index is 649. The van der Waals surface area contributed by atoms with Gasteiger partial charge in [0.1, 0.15) is 11.8 Å². The van der Waals surface area contributed by atoms with E-state index < -0.39 is 0 Å². The predicted molar refractivity (Wildman–Crippen MR) is 81.2 cm³/mol. The van der Waals surface area contributed by atoms with Crippen molar-refractivity contribution in [2.45, 2.75) is 13.0 Å². The number of rotatable bonds is 4. The number of ether oxygens (including phenoxy) is 1. The van der Waals surface area contributed by atoms with E-state index in [0.717, 1.165) is 5.56 Å². The lowest BCUT2D eigenvalue weighted by Crippen LogP contribution is -2.09. The van der Waals surface area contributed by atoms with Gasteiger partial charge in [0, 0.05) is 11.1 Å². The van der Waals surface area contributed by atoms with Crippen molar-refractivity contribution >= 4 is 17.3 Å². The molecule has 2 rings (SSSR count). The molecule has 20 heavy (non-hydrogen) atoms. The molecule has 0 aromatic heterocycles. The van der Waals surface area contributed by atoms with Crippen LogP contribution in [0.3, 0.4) is 0 Å². The molecular weight excluding hydrogens is 272 g/mol. The number of para-hydroxylation sites is 1. The fourth-order valence-electron chi connectivity index (χ4n) is 2.02. The van der Waals surface area contributed by atoms with Crippen LogP contribution in [0.2, 0.25) is 5.02 Å². The van der Waals surface area contributed by atoms with E-state index in [1.807, 2.05) is 37.3 Å². The maximum atomic E-state index is 9.20. The Kier molecular flexibility index (Phi) is 4.49. The number of hydrogen-bond donors (Lipinski definition) is 1. The number of hydrogen-bond acceptors (Lipinski definition) is 3. The average Bonchev–Trinajstić information content (AvgIpc) is 2.47. The average molecular weight is 287 g/mol. The van der Waals surface area contributed by atoms with Gasteiger partial charge < -0.3 is 10.1 Å². The zero-order valence-electron chi connectivity index (χ0n) is 11.4. The van der Waals surface area contributed by atoms with Crippen molar-refractivity contribution in [3.8, 4) is 11.8 Å². The van der Waals surface area contributed by atoms with Crippen LogP contribution in [0, 0.1) is 11.3 Å². The monoisotopic (exact) mass is 286 g/mol. The molecule has 0 fully saturated rings. The highest BCUT2D eigenvalue weighted by Crippen LogP contribution is 2.31. The molecular formula is C16H15ClN2O. The Morgan fingerprint density at radius 2 is 2.00 bits per heavy atom. The maximum absolute atomic E-state index is 9.20. The lowest BCUT2D eigenvalue weighted by Gasteiger charge is -2.19. The van der Waals surface area contributed by atoms with E-state index in [2.05, 4.69) is 11.4 Å².